The van der Waals surface area contributed by atoms with Gasteiger partial charge in [-0.25, -0.2) is 0 Å². The molecule has 0 radical (unpaired) electrons. The molecular formula is C12H19NO. The van der Waals surface area contributed by atoms with Crippen molar-refractivity contribution < 1.29 is 4.74 Å². The van der Waals surface area contributed by atoms with Crippen molar-refractivity contribution in [1.29, 1.82) is 0 Å². The van der Waals surface area contributed by atoms with E-state index in [1.165, 1.54) is 0 Å². The topological polar surface area (TPSA) is 22.1 Å². The molecule has 0 saturated carbocycles. The SMILES string of the molecule is CCCc1ncccc1OC(C)(C)C. The van der Waals surface area contributed by atoms with E-state index in [4.69, 9.17) is 4.74 Å². The Morgan fingerprint density at radius 3 is 2.64 bits per heavy atom. The van der Waals surface area contributed by atoms with Gasteiger partial charge in [-0.2, -0.15) is 0 Å². The zero-order valence-corrected chi connectivity index (χ0v) is 9.50. The lowest BCUT2D eigenvalue weighted by molar-refractivity contribution is 0.128. The highest BCUT2D eigenvalue weighted by atomic mass is 16.5. The van der Waals surface area contributed by atoms with E-state index in [1.807, 2.05) is 18.3 Å². The summed E-state index contributed by atoms with van der Waals surface area (Å²) < 4.78 is 5.82. The molecule has 0 fully saturated rings. The molecule has 1 aromatic rings. The molecule has 2 heteroatoms. The molecule has 0 saturated heterocycles. The first-order chi connectivity index (χ1) is 6.53. The average molecular weight is 193 g/mol. The van der Waals surface area contributed by atoms with Crippen LogP contribution in [0.5, 0.6) is 5.75 Å². The number of nitrogens with zero attached hydrogens (tertiary/aromatic N) is 1. The lowest BCUT2D eigenvalue weighted by Gasteiger charge is -2.22. The van der Waals surface area contributed by atoms with Crippen LogP contribution in [0.1, 0.15) is 39.8 Å². The molecule has 14 heavy (non-hydrogen) atoms. The van der Waals surface area contributed by atoms with Crippen molar-refractivity contribution >= 4 is 0 Å². The standard InChI is InChI=1S/C12H19NO/c1-5-7-10-11(8-6-9-13-10)14-12(2,3)4/h6,8-9H,5,7H2,1-4H3. The maximum absolute atomic E-state index is 5.82. The van der Waals surface area contributed by atoms with Gasteiger partial charge < -0.3 is 4.74 Å². The van der Waals surface area contributed by atoms with Gasteiger partial charge in [0.2, 0.25) is 0 Å². The lowest BCUT2D eigenvalue weighted by atomic mass is 10.1. The summed E-state index contributed by atoms with van der Waals surface area (Å²) >= 11 is 0. The Labute approximate surface area is 86.3 Å². The Balaban J connectivity index is 2.84. The molecule has 0 spiro atoms. The van der Waals surface area contributed by atoms with E-state index in [9.17, 15) is 0 Å². The third-order valence-electron chi connectivity index (χ3n) is 1.75. The van der Waals surface area contributed by atoms with Crippen molar-refractivity contribution in [1.82, 2.24) is 4.98 Å². The van der Waals surface area contributed by atoms with E-state index in [0.29, 0.717) is 0 Å². The number of hydrogen-bond donors (Lipinski definition) is 0. The van der Waals surface area contributed by atoms with Crippen LogP contribution in [0.25, 0.3) is 0 Å². The summed E-state index contributed by atoms with van der Waals surface area (Å²) in [6.07, 6.45) is 3.89. The Morgan fingerprint density at radius 1 is 1.36 bits per heavy atom. The third-order valence-corrected chi connectivity index (χ3v) is 1.75. The van der Waals surface area contributed by atoms with Gasteiger partial charge in [0.15, 0.2) is 0 Å². The summed E-state index contributed by atoms with van der Waals surface area (Å²) in [5.41, 5.74) is 0.913. The van der Waals surface area contributed by atoms with E-state index in [0.717, 1.165) is 24.3 Å². The molecule has 1 aromatic heterocycles. The van der Waals surface area contributed by atoms with Crippen molar-refractivity contribution in [3.05, 3.63) is 24.0 Å². The van der Waals surface area contributed by atoms with Crippen molar-refractivity contribution in [2.75, 3.05) is 0 Å². The van der Waals surface area contributed by atoms with Gasteiger partial charge in [0.25, 0.3) is 0 Å². The number of rotatable bonds is 3. The van der Waals surface area contributed by atoms with Crippen LogP contribution in [-0.4, -0.2) is 10.6 Å². The van der Waals surface area contributed by atoms with Crippen LogP contribution in [0.2, 0.25) is 0 Å². The monoisotopic (exact) mass is 193 g/mol. The van der Waals surface area contributed by atoms with E-state index in [1.54, 1.807) is 0 Å². The van der Waals surface area contributed by atoms with Gasteiger partial charge in [-0.3, -0.25) is 4.98 Å². The number of hydrogen-bond acceptors (Lipinski definition) is 2. The van der Waals surface area contributed by atoms with Gasteiger partial charge in [0, 0.05) is 6.20 Å². The highest BCUT2D eigenvalue weighted by Crippen LogP contribution is 2.21. The van der Waals surface area contributed by atoms with Crippen molar-refractivity contribution in [2.24, 2.45) is 0 Å². The first-order valence-electron chi connectivity index (χ1n) is 5.16. The van der Waals surface area contributed by atoms with Gasteiger partial charge in [0.1, 0.15) is 11.4 Å². The van der Waals surface area contributed by atoms with Crippen LogP contribution in [0.3, 0.4) is 0 Å². The highest BCUT2D eigenvalue weighted by Gasteiger charge is 2.14. The van der Waals surface area contributed by atoms with Crippen LogP contribution >= 0.6 is 0 Å². The first kappa shape index (κ1) is 11.0. The number of aromatic nitrogens is 1. The van der Waals surface area contributed by atoms with Crippen LogP contribution in [-0.2, 0) is 6.42 Å². The van der Waals surface area contributed by atoms with E-state index >= 15 is 0 Å². The van der Waals surface area contributed by atoms with Crippen LogP contribution in [0.15, 0.2) is 18.3 Å². The quantitative estimate of drug-likeness (QED) is 0.735. The van der Waals surface area contributed by atoms with Crippen LogP contribution < -0.4 is 4.74 Å². The molecule has 0 aliphatic rings. The molecular weight excluding hydrogens is 174 g/mol. The van der Waals surface area contributed by atoms with Crippen LogP contribution in [0.4, 0.5) is 0 Å². The Morgan fingerprint density at radius 2 is 2.07 bits per heavy atom. The number of aryl methyl sites for hydroxylation is 1. The zero-order chi connectivity index (χ0) is 10.6. The smallest absolute Gasteiger partial charge is 0.141 e. The van der Waals surface area contributed by atoms with E-state index < -0.39 is 0 Å². The molecule has 0 atom stereocenters. The fourth-order valence-corrected chi connectivity index (χ4v) is 1.27. The normalized spacial score (nSPS) is 11.4. The molecule has 78 valence electrons. The molecule has 0 unspecified atom stereocenters. The minimum Gasteiger partial charge on any atom is -0.486 e. The summed E-state index contributed by atoms with van der Waals surface area (Å²) in [6, 6.07) is 3.91. The molecule has 1 rings (SSSR count). The van der Waals surface area contributed by atoms with Gasteiger partial charge in [-0.1, -0.05) is 13.3 Å². The summed E-state index contributed by atoms with van der Waals surface area (Å²) in [7, 11) is 0. The average Bonchev–Trinajstić information content (AvgIpc) is 2.06. The highest BCUT2D eigenvalue weighted by molar-refractivity contribution is 5.27. The van der Waals surface area contributed by atoms with Crippen LogP contribution in [0, 0.1) is 0 Å². The predicted molar refractivity (Wildman–Crippen MR) is 58.6 cm³/mol. The predicted octanol–water partition coefficient (Wildman–Crippen LogP) is 3.21. The molecule has 0 bridgehead atoms. The molecule has 0 aliphatic carbocycles. The van der Waals surface area contributed by atoms with Gasteiger partial charge in [0.05, 0.1) is 5.69 Å². The maximum Gasteiger partial charge on any atom is 0.141 e. The zero-order valence-electron chi connectivity index (χ0n) is 9.50. The second-order valence-corrected chi connectivity index (χ2v) is 4.41. The fourth-order valence-electron chi connectivity index (χ4n) is 1.27. The molecule has 0 N–H and O–H groups in total. The maximum atomic E-state index is 5.82. The van der Waals surface area contributed by atoms with Crippen molar-refractivity contribution in [3.8, 4) is 5.75 Å². The Bertz CT molecular complexity index is 289. The molecule has 0 aromatic carbocycles. The number of pyridine rings is 1. The minimum absolute atomic E-state index is 0.147. The summed E-state index contributed by atoms with van der Waals surface area (Å²) in [5, 5.41) is 0. The van der Waals surface area contributed by atoms with E-state index in [2.05, 4.69) is 32.7 Å². The third kappa shape index (κ3) is 3.36. The van der Waals surface area contributed by atoms with Crippen molar-refractivity contribution in [3.63, 3.8) is 0 Å². The van der Waals surface area contributed by atoms with Gasteiger partial charge >= 0.3 is 0 Å². The molecule has 2 nitrogen and oxygen atoms in total. The largest absolute Gasteiger partial charge is 0.486 e. The van der Waals surface area contributed by atoms with E-state index in [-0.39, 0.29) is 5.60 Å². The minimum atomic E-state index is -0.147. The fraction of sp³-hybridized carbons (Fsp3) is 0.583. The summed E-state index contributed by atoms with van der Waals surface area (Å²) in [6.45, 7) is 8.30. The molecule has 0 amide bonds. The van der Waals surface area contributed by atoms with Gasteiger partial charge in [-0.05, 0) is 39.3 Å². The summed E-state index contributed by atoms with van der Waals surface area (Å²) in [4.78, 5) is 4.33. The summed E-state index contributed by atoms with van der Waals surface area (Å²) in [5.74, 6) is 0.918. The molecule has 1 heterocycles. The molecule has 0 aliphatic heterocycles. The second kappa shape index (κ2) is 4.45. The number of ether oxygens (including phenoxy) is 1. The second-order valence-electron chi connectivity index (χ2n) is 4.41. The Kier molecular flexibility index (Phi) is 3.50. The first-order valence-corrected chi connectivity index (χ1v) is 5.16. The Hall–Kier alpha value is -1.05. The van der Waals surface area contributed by atoms with Gasteiger partial charge in [-0.15, -0.1) is 0 Å². The lowest BCUT2D eigenvalue weighted by Crippen LogP contribution is -2.23. The van der Waals surface area contributed by atoms with Crippen molar-refractivity contribution in [2.45, 2.75) is 46.1 Å².